The lowest BCUT2D eigenvalue weighted by molar-refractivity contribution is 0.102. The highest BCUT2D eigenvalue weighted by Gasteiger charge is 2.30. The van der Waals surface area contributed by atoms with Crippen LogP contribution in [0.1, 0.15) is 51.8 Å². The molecule has 0 bridgehead atoms. The number of carbonyl (C=O) groups is 1. The van der Waals surface area contributed by atoms with Crippen LogP contribution < -0.4 is 5.32 Å². The summed E-state index contributed by atoms with van der Waals surface area (Å²) in [4.78, 5) is 14.8. The highest BCUT2D eigenvalue weighted by Crippen LogP contribution is 2.44. The van der Waals surface area contributed by atoms with Gasteiger partial charge in [-0.2, -0.15) is 0 Å². The van der Waals surface area contributed by atoms with Crippen molar-refractivity contribution in [2.24, 2.45) is 0 Å². The Morgan fingerprint density at radius 2 is 1.67 bits per heavy atom. The number of rotatable bonds is 4. The van der Waals surface area contributed by atoms with E-state index in [1.54, 1.807) is 0 Å². The van der Waals surface area contributed by atoms with Crippen LogP contribution in [0.25, 0.3) is 0 Å². The number of nitrogens with zero attached hydrogens (tertiary/aromatic N) is 1. The molecular formula is C25H24Cl2N2O. The zero-order valence-corrected chi connectivity index (χ0v) is 18.5. The van der Waals surface area contributed by atoms with Crippen molar-refractivity contribution in [2.45, 2.75) is 24.8 Å². The number of fused-ring (bicyclic) bond motifs is 1. The van der Waals surface area contributed by atoms with Gasteiger partial charge in [-0.15, -0.1) is 0 Å². The van der Waals surface area contributed by atoms with Gasteiger partial charge in [0.1, 0.15) is 0 Å². The summed E-state index contributed by atoms with van der Waals surface area (Å²) in [6.07, 6.45) is 2.06. The average molecular weight is 439 g/mol. The van der Waals surface area contributed by atoms with Crippen LogP contribution in [0.4, 0.5) is 5.69 Å². The topological polar surface area (TPSA) is 32.3 Å². The molecule has 30 heavy (non-hydrogen) atoms. The van der Waals surface area contributed by atoms with E-state index in [4.69, 9.17) is 23.2 Å². The molecule has 1 N–H and O–H groups in total. The molecular weight excluding hydrogens is 415 g/mol. The molecule has 0 saturated heterocycles. The van der Waals surface area contributed by atoms with E-state index in [9.17, 15) is 4.79 Å². The van der Waals surface area contributed by atoms with Gasteiger partial charge < -0.3 is 10.2 Å². The van der Waals surface area contributed by atoms with E-state index in [0.717, 1.165) is 18.5 Å². The third-order valence-corrected chi connectivity index (χ3v) is 6.55. The Bertz CT molecular complexity index is 1070. The van der Waals surface area contributed by atoms with Crippen LogP contribution in [0.15, 0.2) is 66.7 Å². The summed E-state index contributed by atoms with van der Waals surface area (Å²) in [7, 11) is 4.20. The summed E-state index contributed by atoms with van der Waals surface area (Å²) >= 11 is 12.4. The summed E-state index contributed by atoms with van der Waals surface area (Å²) < 4.78 is 0. The van der Waals surface area contributed by atoms with E-state index in [1.165, 1.54) is 16.7 Å². The van der Waals surface area contributed by atoms with Gasteiger partial charge in [0.25, 0.3) is 5.91 Å². The van der Waals surface area contributed by atoms with Crippen molar-refractivity contribution in [2.75, 3.05) is 19.4 Å². The van der Waals surface area contributed by atoms with Gasteiger partial charge >= 0.3 is 0 Å². The summed E-state index contributed by atoms with van der Waals surface area (Å²) in [5.74, 6) is 0.152. The van der Waals surface area contributed by atoms with Crippen molar-refractivity contribution in [3.05, 3.63) is 99.0 Å². The lowest BCUT2D eigenvalue weighted by atomic mass is 9.76. The normalized spacial score (nSPS) is 18.2. The average Bonchev–Trinajstić information content (AvgIpc) is 2.75. The van der Waals surface area contributed by atoms with Gasteiger partial charge in [-0.1, -0.05) is 53.5 Å². The van der Waals surface area contributed by atoms with Gasteiger partial charge in [-0.3, -0.25) is 4.79 Å². The minimum Gasteiger partial charge on any atom is -0.322 e. The van der Waals surface area contributed by atoms with Crippen LogP contribution in [-0.4, -0.2) is 24.9 Å². The quantitative estimate of drug-likeness (QED) is 0.486. The maximum absolute atomic E-state index is 12.6. The standard InChI is InChI=1S/C25H24Cl2N2O/c1-29(2)24-13-11-19(17-8-12-22(26)23(27)14-17)20-10-9-18(15-21(20)24)28-25(30)16-6-4-3-5-7-16/h3-10,12,14-15,19,24H,11,13H2,1-2H3,(H,28,30). The first-order valence-electron chi connectivity index (χ1n) is 10.1. The van der Waals surface area contributed by atoms with Crippen molar-refractivity contribution in [3.8, 4) is 0 Å². The van der Waals surface area contributed by atoms with E-state index in [-0.39, 0.29) is 11.8 Å². The molecule has 1 aliphatic carbocycles. The SMILES string of the molecule is CN(C)C1CCC(c2ccc(Cl)c(Cl)c2)c2ccc(NC(=O)c3ccccc3)cc21. The second-order valence-corrected chi connectivity index (χ2v) is 8.76. The van der Waals surface area contributed by atoms with Crippen molar-refractivity contribution < 1.29 is 4.79 Å². The molecule has 0 radical (unpaired) electrons. The van der Waals surface area contributed by atoms with Crippen LogP contribution in [0.2, 0.25) is 10.0 Å². The summed E-state index contributed by atoms with van der Waals surface area (Å²) in [5.41, 5.74) is 5.14. The Labute approximate surface area is 187 Å². The first kappa shape index (κ1) is 20.9. The highest BCUT2D eigenvalue weighted by atomic mass is 35.5. The number of anilines is 1. The fraction of sp³-hybridized carbons (Fsp3) is 0.240. The van der Waals surface area contributed by atoms with Gasteiger partial charge in [0.15, 0.2) is 0 Å². The largest absolute Gasteiger partial charge is 0.322 e. The fourth-order valence-electron chi connectivity index (χ4n) is 4.30. The van der Waals surface area contributed by atoms with Crippen LogP contribution in [-0.2, 0) is 0 Å². The molecule has 0 saturated carbocycles. The maximum Gasteiger partial charge on any atom is 0.255 e. The fourth-order valence-corrected chi connectivity index (χ4v) is 4.61. The molecule has 0 fully saturated rings. The molecule has 1 aliphatic rings. The van der Waals surface area contributed by atoms with Gasteiger partial charge in [0, 0.05) is 23.2 Å². The zero-order chi connectivity index (χ0) is 21.3. The predicted molar refractivity (Wildman–Crippen MR) is 125 cm³/mol. The number of hydrogen-bond donors (Lipinski definition) is 1. The minimum atomic E-state index is -0.103. The van der Waals surface area contributed by atoms with E-state index >= 15 is 0 Å². The van der Waals surface area contributed by atoms with Gasteiger partial charge in [0.05, 0.1) is 10.0 Å². The van der Waals surface area contributed by atoms with Crippen molar-refractivity contribution in [3.63, 3.8) is 0 Å². The smallest absolute Gasteiger partial charge is 0.255 e. The molecule has 5 heteroatoms. The predicted octanol–water partition coefficient (Wildman–Crippen LogP) is 6.77. The van der Waals surface area contributed by atoms with E-state index < -0.39 is 0 Å². The number of amides is 1. The third-order valence-electron chi connectivity index (χ3n) is 5.81. The first-order chi connectivity index (χ1) is 14.4. The second-order valence-electron chi connectivity index (χ2n) is 7.95. The molecule has 0 heterocycles. The van der Waals surface area contributed by atoms with Crippen molar-refractivity contribution >= 4 is 34.8 Å². The van der Waals surface area contributed by atoms with Crippen LogP contribution >= 0.6 is 23.2 Å². The van der Waals surface area contributed by atoms with Crippen molar-refractivity contribution in [1.82, 2.24) is 4.90 Å². The molecule has 3 aromatic carbocycles. The van der Waals surface area contributed by atoms with Crippen LogP contribution in [0, 0.1) is 0 Å². The van der Waals surface area contributed by atoms with Gasteiger partial charge in [-0.05, 0) is 80.0 Å². The Hall–Kier alpha value is -2.33. The first-order valence-corrected chi connectivity index (χ1v) is 10.8. The van der Waals surface area contributed by atoms with E-state index in [0.29, 0.717) is 21.7 Å². The van der Waals surface area contributed by atoms with Crippen LogP contribution in [0.3, 0.4) is 0 Å². The third kappa shape index (κ3) is 4.24. The molecule has 0 spiro atoms. The molecule has 3 aromatic rings. The van der Waals surface area contributed by atoms with Gasteiger partial charge in [0.2, 0.25) is 0 Å². The Morgan fingerprint density at radius 3 is 2.37 bits per heavy atom. The van der Waals surface area contributed by atoms with E-state index in [2.05, 4.69) is 42.5 Å². The second kappa shape index (κ2) is 8.81. The molecule has 2 unspecified atom stereocenters. The number of carbonyl (C=O) groups excluding carboxylic acids is 1. The summed E-state index contributed by atoms with van der Waals surface area (Å²) in [6, 6.07) is 21.7. The number of hydrogen-bond acceptors (Lipinski definition) is 2. The number of halogens is 2. The van der Waals surface area contributed by atoms with Crippen molar-refractivity contribution in [1.29, 1.82) is 0 Å². The number of nitrogens with one attached hydrogen (secondary N) is 1. The maximum atomic E-state index is 12.6. The van der Waals surface area contributed by atoms with Crippen LogP contribution in [0.5, 0.6) is 0 Å². The molecule has 4 rings (SSSR count). The highest BCUT2D eigenvalue weighted by molar-refractivity contribution is 6.42. The summed E-state index contributed by atoms with van der Waals surface area (Å²) in [5, 5.41) is 4.19. The zero-order valence-electron chi connectivity index (χ0n) is 17.0. The molecule has 1 amide bonds. The van der Waals surface area contributed by atoms with Gasteiger partial charge in [-0.25, -0.2) is 0 Å². The molecule has 154 valence electrons. The lowest BCUT2D eigenvalue weighted by Crippen LogP contribution is -2.26. The number of benzene rings is 3. The van der Waals surface area contributed by atoms with E-state index in [1.807, 2.05) is 48.5 Å². The molecule has 0 aliphatic heterocycles. The Kier molecular flexibility index (Phi) is 6.14. The Morgan fingerprint density at radius 1 is 0.900 bits per heavy atom. The molecule has 2 atom stereocenters. The Balaban J connectivity index is 1.69. The molecule has 0 aromatic heterocycles. The minimum absolute atomic E-state index is 0.103. The molecule has 3 nitrogen and oxygen atoms in total. The monoisotopic (exact) mass is 438 g/mol. The summed E-state index contributed by atoms with van der Waals surface area (Å²) in [6.45, 7) is 0. The lowest BCUT2D eigenvalue weighted by Gasteiger charge is -2.36.